The molecule has 1 heteroatoms. The van der Waals surface area contributed by atoms with Gasteiger partial charge >= 0.3 is 0 Å². The lowest BCUT2D eigenvalue weighted by Crippen LogP contribution is -2.10. The molecule has 0 fully saturated rings. The van der Waals surface area contributed by atoms with Crippen LogP contribution in [-0.4, -0.2) is 0 Å². The summed E-state index contributed by atoms with van der Waals surface area (Å²) in [6.45, 7) is 6.82. The third-order valence-electron chi connectivity index (χ3n) is 2.98. The molecule has 0 aromatic heterocycles. The molecule has 68 valence electrons. The third-order valence-corrected chi connectivity index (χ3v) is 3.51. The van der Waals surface area contributed by atoms with Crippen LogP contribution < -0.4 is 0 Å². The van der Waals surface area contributed by atoms with Gasteiger partial charge < -0.3 is 0 Å². The smallest absolute Gasteiger partial charge is 0.00403 e. The standard InChI is InChI=1S/C11H18S/c1-8-6-4-5-7-11(12)10(3)9(8)2/h4-5,8-9,12H,6-7H2,1-3H3/b5-4-,11-10-. The van der Waals surface area contributed by atoms with E-state index in [-0.39, 0.29) is 0 Å². The van der Waals surface area contributed by atoms with Crippen LogP contribution in [-0.2, 0) is 0 Å². The lowest BCUT2D eigenvalue weighted by molar-refractivity contribution is 0.441. The minimum Gasteiger partial charge on any atom is -0.148 e. The third kappa shape index (κ3) is 2.16. The van der Waals surface area contributed by atoms with Crippen molar-refractivity contribution in [3.8, 4) is 0 Å². The molecule has 0 heterocycles. The summed E-state index contributed by atoms with van der Waals surface area (Å²) in [7, 11) is 0. The molecule has 0 amide bonds. The highest BCUT2D eigenvalue weighted by Gasteiger charge is 2.15. The summed E-state index contributed by atoms with van der Waals surface area (Å²) in [6.07, 6.45) is 6.74. The summed E-state index contributed by atoms with van der Waals surface area (Å²) in [5, 5.41) is 0. The van der Waals surface area contributed by atoms with Gasteiger partial charge in [0.15, 0.2) is 0 Å². The highest BCUT2D eigenvalue weighted by atomic mass is 32.1. The maximum Gasteiger partial charge on any atom is -0.00403 e. The lowest BCUT2D eigenvalue weighted by Gasteiger charge is -2.22. The van der Waals surface area contributed by atoms with Gasteiger partial charge in [-0.3, -0.25) is 0 Å². The summed E-state index contributed by atoms with van der Waals surface area (Å²) in [4.78, 5) is 1.25. The summed E-state index contributed by atoms with van der Waals surface area (Å²) in [6, 6.07) is 0. The van der Waals surface area contributed by atoms with Crippen LogP contribution in [0.15, 0.2) is 22.6 Å². The Hall–Kier alpha value is -0.170. The number of hydrogen-bond acceptors (Lipinski definition) is 1. The van der Waals surface area contributed by atoms with E-state index in [0.717, 1.165) is 12.3 Å². The SMILES string of the molecule is C/C1=C(/S)C/C=C\CC(C)C1C. The second-order valence-electron chi connectivity index (χ2n) is 3.81. The fourth-order valence-electron chi connectivity index (χ4n) is 1.56. The Morgan fingerprint density at radius 3 is 2.67 bits per heavy atom. The molecule has 2 atom stereocenters. The van der Waals surface area contributed by atoms with Crippen molar-refractivity contribution < 1.29 is 0 Å². The van der Waals surface area contributed by atoms with E-state index in [1.165, 1.54) is 16.9 Å². The number of allylic oxidation sites excluding steroid dienone is 4. The zero-order valence-corrected chi connectivity index (χ0v) is 9.07. The molecule has 0 spiro atoms. The van der Waals surface area contributed by atoms with Gasteiger partial charge in [-0.05, 0) is 36.5 Å². The fourth-order valence-corrected chi connectivity index (χ4v) is 1.87. The largest absolute Gasteiger partial charge is 0.148 e. The van der Waals surface area contributed by atoms with Gasteiger partial charge in [-0.25, -0.2) is 0 Å². The first-order valence-corrected chi connectivity index (χ1v) is 5.11. The Morgan fingerprint density at radius 2 is 2.00 bits per heavy atom. The van der Waals surface area contributed by atoms with Crippen LogP contribution in [0.2, 0.25) is 0 Å². The van der Waals surface area contributed by atoms with Crippen LogP contribution in [0.4, 0.5) is 0 Å². The first-order chi connectivity index (χ1) is 5.63. The Balaban J connectivity index is 2.85. The second kappa shape index (κ2) is 4.18. The molecule has 0 nitrogen and oxygen atoms in total. The van der Waals surface area contributed by atoms with Gasteiger partial charge in [0.05, 0.1) is 0 Å². The zero-order chi connectivity index (χ0) is 9.14. The summed E-state index contributed by atoms with van der Waals surface area (Å²) >= 11 is 4.50. The maximum absolute atomic E-state index is 4.50. The Morgan fingerprint density at radius 1 is 1.33 bits per heavy atom. The van der Waals surface area contributed by atoms with Gasteiger partial charge in [-0.1, -0.05) is 31.6 Å². The van der Waals surface area contributed by atoms with E-state index in [2.05, 4.69) is 45.6 Å². The van der Waals surface area contributed by atoms with Crippen molar-refractivity contribution >= 4 is 12.6 Å². The molecule has 0 bridgehead atoms. The van der Waals surface area contributed by atoms with Crippen LogP contribution in [0.3, 0.4) is 0 Å². The van der Waals surface area contributed by atoms with Gasteiger partial charge in [-0.2, -0.15) is 0 Å². The summed E-state index contributed by atoms with van der Waals surface area (Å²) in [5.74, 6) is 1.44. The van der Waals surface area contributed by atoms with Gasteiger partial charge in [-0.15, -0.1) is 12.6 Å². The van der Waals surface area contributed by atoms with Crippen LogP contribution >= 0.6 is 12.6 Å². The quantitative estimate of drug-likeness (QED) is 0.427. The van der Waals surface area contributed by atoms with Crippen LogP contribution in [0.5, 0.6) is 0 Å². The summed E-state index contributed by atoms with van der Waals surface area (Å²) < 4.78 is 0. The minimum atomic E-state index is 0.683. The lowest BCUT2D eigenvalue weighted by atomic mass is 9.85. The maximum atomic E-state index is 4.50. The molecule has 1 aliphatic rings. The average Bonchev–Trinajstić information content (AvgIpc) is 2.07. The van der Waals surface area contributed by atoms with Gasteiger partial charge in [0.2, 0.25) is 0 Å². The van der Waals surface area contributed by atoms with Gasteiger partial charge in [0.1, 0.15) is 0 Å². The van der Waals surface area contributed by atoms with Gasteiger partial charge in [0, 0.05) is 0 Å². The van der Waals surface area contributed by atoms with Crippen LogP contribution in [0, 0.1) is 11.8 Å². The van der Waals surface area contributed by atoms with Crippen molar-refractivity contribution in [3.05, 3.63) is 22.6 Å². The highest BCUT2D eigenvalue weighted by Crippen LogP contribution is 2.30. The molecular weight excluding hydrogens is 164 g/mol. The molecule has 0 saturated heterocycles. The van der Waals surface area contributed by atoms with Crippen molar-refractivity contribution in [1.29, 1.82) is 0 Å². The predicted octanol–water partition coefficient (Wildman–Crippen LogP) is 3.81. The minimum absolute atomic E-state index is 0.683. The molecule has 2 unspecified atom stereocenters. The normalized spacial score (nSPS) is 40.3. The molecule has 1 aliphatic carbocycles. The average molecular weight is 182 g/mol. The van der Waals surface area contributed by atoms with E-state index < -0.39 is 0 Å². The second-order valence-corrected chi connectivity index (χ2v) is 4.35. The van der Waals surface area contributed by atoms with Crippen LogP contribution in [0.25, 0.3) is 0 Å². The molecule has 1 rings (SSSR count). The predicted molar refractivity (Wildman–Crippen MR) is 58.4 cm³/mol. The highest BCUT2D eigenvalue weighted by molar-refractivity contribution is 7.84. The Bertz CT molecular complexity index is 213. The monoisotopic (exact) mass is 182 g/mol. The first-order valence-electron chi connectivity index (χ1n) is 4.66. The van der Waals surface area contributed by atoms with Crippen LogP contribution in [0.1, 0.15) is 33.6 Å². The van der Waals surface area contributed by atoms with E-state index in [9.17, 15) is 0 Å². The van der Waals surface area contributed by atoms with Crippen molar-refractivity contribution in [3.63, 3.8) is 0 Å². The van der Waals surface area contributed by atoms with E-state index in [1.807, 2.05) is 0 Å². The molecule has 0 aromatic rings. The van der Waals surface area contributed by atoms with E-state index >= 15 is 0 Å². The zero-order valence-electron chi connectivity index (χ0n) is 8.17. The Kier molecular flexibility index (Phi) is 3.45. The molecule has 0 radical (unpaired) electrons. The van der Waals surface area contributed by atoms with E-state index in [0.29, 0.717) is 5.92 Å². The molecule has 12 heavy (non-hydrogen) atoms. The Labute approximate surface area is 81.2 Å². The number of hydrogen-bond donors (Lipinski definition) is 1. The van der Waals surface area contributed by atoms with Crippen molar-refractivity contribution in [1.82, 2.24) is 0 Å². The molecule has 0 N–H and O–H groups in total. The topological polar surface area (TPSA) is 0 Å². The number of thiol groups is 1. The van der Waals surface area contributed by atoms with Crippen molar-refractivity contribution in [2.24, 2.45) is 11.8 Å². The fraction of sp³-hybridized carbons (Fsp3) is 0.636. The number of rotatable bonds is 0. The molecular formula is C11H18S. The van der Waals surface area contributed by atoms with Crippen molar-refractivity contribution in [2.45, 2.75) is 33.6 Å². The van der Waals surface area contributed by atoms with E-state index in [1.54, 1.807) is 0 Å². The molecule has 0 aromatic carbocycles. The first kappa shape index (κ1) is 9.91. The van der Waals surface area contributed by atoms with Crippen molar-refractivity contribution in [2.75, 3.05) is 0 Å². The van der Waals surface area contributed by atoms with E-state index in [4.69, 9.17) is 0 Å². The molecule has 0 aliphatic heterocycles. The summed E-state index contributed by atoms with van der Waals surface area (Å²) in [5.41, 5.74) is 1.47. The van der Waals surface area contributed by atoms with Gasteiger partial charge in [0.25, 0.3) is 0 Å². The molecule has 0 saturated carbocycles.